The number of carbonyl (C=O) groups excluding carboxylic acids is 1. The van der Waals surface area contributed by atoms with E-state index in [2.05, 4.69) is 17.3 Å². The summed E-state index contributed by atoms with van der Waals surface area (Å²) in [5.74, 6) is 0.493. The number of nitrogens with one attached hydrogen (secondary N) is 1. The molecule has 1 N–H and O–H groups in total. The molecule has 26 heavy (non-hydrogen) atoms. The first kappa shape index (κ1) is 17.7. The largest absolute Gasteiger partial charge is 0.484 e. The minimum Gasteiger partial charge on any atom is -0.484 e. The van der Waals surface area contributed by atoms with Gasteiger partial charge in [-0.2, -0.15) is 5.10 Å². The third-order valence-corrected chi connectivity index (χ3v) is 4.09. The molecule has 2 aromatic carbocycles. The number of aromatic nitrogens is 2. The van der Waals surface area contributed by atoms with E-state index in [1.807, 2.05) is 73.1 Å². The number of amides is 1. The fraction of sp³-hybridized carbons (Fsp3) is 0.238. The molecule has 0 saturated carbocycles. The van der Waals surface area contributed by atoms with Gasteiger partial charge in [-0.15, -0.1) is 0 Å². The molecular formula is C21H23N3O2. The van der Waals surface area contributed by atoms with Crippen molar-refractivity contribution in [2.45, 2.75) is 27.2 Å². The predicted octanol–water partition coefficient (Wildman–Crippen LogP) is 4.07. The number of carbonyl (C=O) groups is 1. The zero-order valence-electron chi connectivity index (χ0n) is 15.3. The minimum absolute atomic E-state index is 0.0430. The van der Waals surface area contributed by atoms with Crippen LogP contribution in [0.3, 0.4) is 0 Å². The monoisotopic (exact) mass is 349 g/mol. The molecule has 0 spiro atoms. The summed E-state index contributed by atoms with van der Waals surface area (Å²) in [5, 5.41) is 7.41. The molecule has 0 fully saturated rings. The van der Waals surface area contributed by atoms with E-state index in [-0.39, 0.29) is 12.5 Å². The average molecular weight is 349 g/mol. The molecular weight excluding hydrogens is 326 g/mol. The predicted molar refractivity (Wildman–Crippen MR) is 103 cm³/mol. The van der Waals surface area contributed by atoms with Crippen molar-refractivity contribution < 1.29 is 9.53 Å². The molecule has 0 bridgehead atoms. The van der Waals surface area contributed by atoms with Crippen LogP contribution in [0.2, 0.25) is 0 Å². The normalized spacial score (nSPS) is 10.6. The van der Waals surface area contributed by atoms with Crippen LogP contribution in [-0.2, 0) is 11.2 Å². The van der Waals surface area contributed by atoms with E-state index in [4.69, 9.17) is 4.74 Å². The lowest BCUT2D eigenvalue weighted by Crippen LogP contribution is -2.21. The Hall–Kier alpha value is -3.08. The molecule has 0 aliphatic heterocycles. The Labute approximate surface area is 153 Å². The van der Waals surface area contributed by atoms with Gasteiger partial charge in [-0.25, -0.2) is 4.68 Å². The van der Waals surface area contributed by atoms with Gasteiger partial charge in [-0.3, -0.25) is 4.79 Å². The molecule has 0 atom stereocenters. The van der Waals surface area contributed by atoms with Crippen LogP contribution in [0.1, 0.15) is 23.9 Å². The zero-order chi connectivity index (χ0) is 18.5. The van der Waals surface area contributed by atoms with Crippen LogP contribution in [0, 0.1) is 13.8 Å². The molecule has 0 aliphatic carbocycles. The van der Waals surface area contributed by atoms with Crippen molar-refractivity contribution in [2.24, 2.45) is 0 Å². The standard InChI is InChI=1S/C21H23N3O2/c1-4-17-8-7-9-18(13-17)26-14-21(25)22-19-10-5-6-11-20(19)24-16(3)12-15(2)23-24/h5-13H,4,14H2,1-3H3,(H,22,25). The number of aryl methyl sites for hydroxylation is 3. The van der Waals surface area contributed by atoms with Gasteiger partial charge in [0.2, 0.25) is 0 Å². The van der Waals surface area contributed by atoms with Crippen molar-refractivity contribution >= 4 is 11.6 Å². The Morgan fingerprint density at radius 1 is 1.12 bits per heavy atom. The van der Waals surface area contributed by atoms with Crippen molar-refractivity contribution in [1.29, 1.82) is 0 Å². The maximum Gasteiger partial charge on any atom is 0.262 e. The summed E-state index contributed by atoms with van der Waals surface area (Å²) in [6.45, 7) is 5.98. The molecule has 3 rings (SSSR count). The molecule has 1 aromatic heterocycles. The minimum atomic E-state index is -0.208. The van der Waals surface area contributed by atoms with Crippen molar-refractivity contribution in [3.05, 3.63) is 71.5 Å². The second-order valence-corrected chi connectivity index (χ2v) is 6.19. The molecule has 3 aromatic rings. The second kappa shape index (κ2) is 7.87. The van der Waals surface area contributed by atoms with Crippen molar-refractivity contribution in [3.8, 4) is 11.4 Å². The van der Waals surface area contributed by atoms with Crippen LogP contribution in [0.4, 0.5) is 5.69 Å². The van der Waals surface area contributed by atoms with Gasteiger partial charge in [0.15, 0.2) is 6.61 Å². The van der Waals surface area contributed by atoms with Crippen LogP contribution in [0.5, 0.6) is 5.75 Å². The van der Waals surface area contributed by atoms with Gasteiger partial charge in [-0.1, -0.05) is 31.2 Å². The Kier molecular flexibility index (Phi) is 5.37. The van der Waals surface area contributed by atoms with Gasteiger partial charge in [0.1, 0.15) is 5.75 Å². The van der Waals surface area contributed by atoms with Gasteiger partial charge in [-0.05, 0) is 56.2 Å². The van der Waals surface area contributed by atoms with Crippen LogP contribution >= 0.6 is 0 Å². The number of rotatable bonds is 6. The molecule has 0 aliphatic rings. The van der Waals surface area contributed by atoms with Crippen LogP contribution < -0.4 is 10.1 Å². The van der Waals surface area contributed by atoms with E-state index in [0.717, 1.165) is 23.5 Å². The fourth-order valence-electron chi connectivity index (χ4n) is 2.83. The molecule has 0 radical (unpaired) electrons. The maximum atomic E-state index is 12.3. The Morgan fingerprint density at radius 3 is 2.65 bits per heavy atom. The molecule has 0 unspecified atom stereocenters. The zero-order valence-corrected chi connectivity index (χ0v) is 15.3. The van der Waals surface area contributed by atoms with Crippen LogP contribution in [-0.4, -0.2) is 22.3 Å². The lowest BCUT2D eigenvalue weighted by Gasteiger charge is -2.13. The van der Waals surface area contributed by atoms with Gasteiger partial charge in [0.05, 0.1) is 17.1 Å². The fourth-order valence-corrected chi connectivity index (χ4v) is 2.83. The summed E-state index contributed by atoms with van der Waals surface area (Å²) >= 11 is 0. The first-order valence-corrected chi connectivity index (χ1v) is 8.71. The molecule has 0 saturated heterocycles. The lowest BCUT2D eigenvalue weighted by molar-refractivity contribution is -0.118. The maximum absolute atomic E-state index is 12.3. The Morgan fingerprint density at radius 2 is 1.92 bits per heavy atom. The van der Waals surface area contributed by atoms with E-state index < -0.39 is 0 Å². The van der Waals surface area contributed by atoms with Gasteiger partial charge < -0.3 is 10.1 Å². The summed E-state index contributed by atoms with van der Waals surface area (Å²) in [7, 11) is 0. The first-order chi connectivity index (χ1) is 12.6. The SMILES string of the molecule is CCc1cccc(OCC(=O)Nc2ccccc2-n2nc(C)cc2C)c1. The highest BCUT2D eigenvalue weighted by atomic mass is 16.5. The highest BCUT2D eigenvalue weighted by Gasteiger charge is 2.11. The van der Waals surface area contributed by atoms with Crippen LogP contribution in [0.25, 0.3) is 5.69 Å². The lowest BCUT2D eigenvalue weighted by atomic mass is 10.2. The molecule has 1 heterocycles. The van der Waals surface area contributed by atoms with E-state index in [0.29, 0.717) is 11.4 Å². The number of ether oxygens (including phenoxy) is 1. The van der Waals surface area contributed by atoms with Crippen molar-refractivity contribution in [3.63, 3.8) is 0 Å². The number of para-hydroxylation sites is 2. The Bertz CT molecular complexity index is 915. The summed E-state index contributed by atoms with van der Waals surface area (Å²) in [6.07, 6.45) is 0.930. The quantitative estimate of drug-likeness (QED) is 0.730. The number of hydrogen-bond donors (Lipinski definition) is 1. The summed E-state index contributed by atoms with van der Waals surface area (Å²) in [6, 6.07) is 17.4. The highest BCUT2D eigenvalue weighted by Crippen LogP contribution is 2.21. The van der Waals surface area contributed by atoms with Crippen molar-refractivity contribution in [1.82, 2.24) is 9.78 Å². The first-order valence-electron chi connectivity index (χ1n) is 8.71. The number of nitrogens with zero attached hydrogens (tertiary/aromatic N) is 2. The van der Waals surface area contributed by atoms with Gasteiger partial charge in [0, 0.05) is 5.69 Å². The third-order valence-electron chi connectivity index (χ3n) is 4.09. The molecule has 134 valence electrons. The highest BCUT2D eigenvalue weighted by molar-refractivity contribution is 5.93. The molecule has 5 nitrogen and oxygen atoms in total. The third kappa shape index (κ3) is 4.11. The Balaban J connectivity index is 1.71. The number of hydrogen-bond acceptors (Lipinski definition) is 3. The molecule has 1 amide bonds. The van der Waals surface area contributed by atoms with E-state index in [1.54, 1.807) is 0 Å². The summed E-state index contributed by atoms with van der Waals surface area (Å²) in [5.41, 5.74) is 4.66. The number of anilines is 1. The number of benzene rings is 2. The van der Waals surface area contributed by atoms with E-state index >= 15 is 0 Å². The van der Waals surface area contributed by atoms with Crippen molar-refractivity contribution in [2.75, 3.05) is 11.9 Å². The topological polar surface area (TPSA) is 56.1 Å². The molecule has 5 heteroatoms. The van der Waals surface area contributed by atoms with Crippen LogP contribution in [0.15, 0.2) is 54.6 Å². The smallest absolute Gasteiger partial charge is 0.262 e. The average Bonchev–Trinajstić information content (AvgIpc) is 2.98. The second-order valence-electron chi connectivity index (χ2n) is 6.19. The summed E-state index contributed by atoms with van der Waals surface area (Å²) in [4.78, 5) is 12.3. The van der Waals surface area contributed by atoms with E-state index in [1.165, 1.54) is 5.56 Å². The van der Waals surface area contributed by atoms with Gasteiger partial charge in [0.25, 0.3) is 5.91 Å². The summed E-state index contributed by atoms with van der Waals surface area (Å²) < 4.78 is 7.45. The van der Waals surface area contributed by atoms with Gasteiger partial charge >= 0.3 is 0 Å². The van der Waals surface area contributed by atoms with E-state index in [9.17, 15) is 4.79 Å².